The summed E-state index contributed by atoms with van der Waals surface area (Å²) < 4.78 is 23.5. The molecule has 3 rings (SSSR count). The van der Waals surface area contributed by atoms with Crippen molar-refractivity contribution in [3.05, 3.63) is 45.6 Å². The van der Waals surface area contributed by atoms with Crippen molar-refractivity contribution >= 4 is 15.6 Å². The number of rotatable bonds is 9. The Kier molecular flexibility index (Phi) is 6.86. The molecular weight excluding hydrogens is 410 g/mol. The molecule has 0 spiro atoms. The van der Waals surface area contributed by atoms with E-state index < -0.39 is 14.9 Å². The van der Waals surface area contributed by atoms with Gasteiger partial charge in [0.05, 0.1) is 17.2 Å². The van der Waals surface area contributed by atoms with E-state index in [0.29, 0.717) is 11.4 Å². The summed E-state index contributed by atoms with van der Waals surface area (Å²) in [7, 11) is -3.30. The number of Topliss-reactive ketones (excluding diaryl/α,β-unsaturated/α-hetero) is 1. The molecule has 1 aliphatic carbocycles. The number of ketones is 1. The second-order valence-corrected chi connectivity index (χ2v) is 9.59. The molecule has 2 aromatic rings. The second-order valence-electron chi connectivity index (χ2n) is 7.58. The zero-order valence-corrected chi connectivity index (χ0v) is 17.6. The molecular formula is C20H25N3O6S. The van der Waals surface area contributed by atoms with Crippen LogP contribution in [0.15, 0.2) is 29.2 Å². The van der Waals surface area contributed by atoms with Gasteiger partial charge in [-0.3, -0.25) is 9.89 Å². The number of sulfone groups is 1. The summed E-state index contributed by atoms with van der Waals surface area (Å²) in [6.07, 6.45) is 6.73. The molecule has 1 heterocycles. The number of carbonyl (C=O) groups is 1. The molecule has 0 amide bonds. The molecule has 9 nitrogen and oxygen atoms in total. The number of aromatic nitrogens is 2. The number of hydrogen-bond donors (Lipinski definition) is 1. The molecule has 0 unspecified atom stereocenters. The number of aromatic amines is 1. The van der Waals surface area contributed by atoms with E-state index in [1.54, 1.807) is 24.3 Å². The van der Waals surface area contributed by atoms with Crippen LogP contribution in [0.2, 0.25) is 0 Å². The van der Waals surface area contributed by atoms with Crippen LogP contribution in [0.5, 0.6) is 0 Å². The average Bonchev–Trinajstić information content (AvgIpc) is 3.16. The molecule has 0 saturated heterocycles. The first kappa shape index (κ1) is 21.9. The van der Waals surface area contributed by atoms with E-state index in [-0.39, 0.29) is 36.0 Å². The first-order chi connectivity index (χ1) is 14.3. The van der Waals surface area contributed by atoms with Crippen molar-refractivity contribution in [2.24, 2.45) is 0 Å². The lowest BCUT2D eigenvalue weighted by Crippen LogP contribution is -2.12. The minimum absolute atomic E-state index is 0.113. The van der Waals surface area contributed by atoms with E-state index >= 15 is 0 Å². The van der Waals surface area contributed by atoms with Gasteiger partial charge in [-0.25, -0.2) is 8.42 Å². The van der Waals surface area contributed by atoms with Crippen LogP contribution in [-0.2, 0) is 14.7 Å². The molecule has 1 aliphatic rings. The number of H-pyrrole nitrogens is 1. The molecule has 0 aliphatic heterocycles. The van der Waals surface area contributed by atoms with Gasteiger partial charge in [-0.05, 0) is 37.3 Å². The van der Waals surface area contributed by atoms with Crippen molar-refractivity contribution in [3.63, 3.8) is 0 Å². The Morgan fingerprint density at radius 3 is 2.50 bits per heavy atom. The lowest BCUT2D eigenvalue weighted by Gasteiger charge is -2.23. The van der Waals surface area contributed by atoms with Crippen LogP contribution in [0.3, 0.4) is 0 Å². The maximum atomic E-state index is 12.8. The number of nitrogens with zero attached hydrogens (tertiary/aromatic N) is 2. The van der Waals surface area contributed by atoms with Gasteiger partial charge in [0.15, 0.2) is 15.6 Å². The first-order valence-corrected chi connectivity index (χ1v) is 11.9. The third-order valence-corrected chi connectivity index (χ3v) is 6.53. The summed E-state index contributed by atoms with van der Waals surface area (Å²) in [4.78, 5) is 27.6. The predicted octanol–water partition coefficient (Wildman–Crippen LogP) is 3.70. The van der Waals surface area contributed by atoms with Gasteiger partial charge < -0.3 is 4.84 Å². The van der Waals surface area contributed by atoms with Gasteiger partial charge in [0.25, 0.3) is 5.09 Å². The highest BCUT2D eigenvalue weighted by molar-refractivity contribution is 7.90. The number of hydrogen-bond acceptors (Lipinski definition) is 7. The van der Waals surface area contributed by atoms with Crippen LogP contribution in [0.25, 0.3) is 11.3 Å². The molecule has 162 valence electrons. The predicted molar refractivity (Wildman–Crippen MR) is 109 cm³/mol. The molecule has 1 saturated carbocycles. The van der Waals surface area contributed by atoms with E-state index in [0.717, 1.165) is 49.5 Å². The lowest BCUT2D eigenvalue weighted by atomic mass is 9.81. The standard InChI is InChI=1S/C20H25N3O6S/c1-30(27,28)16-11-9-15(10-12-16)19-18(14-6-3-2-4-7-14)20(22-21-19)17(24)8-5-13-29-23(25)26/h9-12,14H,2-8,13H2,1H3,(H,21,22). The Morgan fingerprint density at radius 2 is 1.90 bits per heavy atom. The van der Waals surface area contributed by atoms with Crippen molar-refractivity contribution in [1.82, 2.24) is 10.2 Å². The Hall–Kier alpha value is -2.75. The Labute approximate surface area is 174 Å². The SMILES string of the molecule is CS(=O)(=O)c1ccc(-c2n[nH]c(C(=O)CCCO[N+](=O)[O-])c2C2CCCCC2)cc1. The van der Waals surface area contributed by atoms with Gasteiger partial charge in [-0.15, -0.1) is 10.1 Å². The zero-order chi connectivity index (χ0) is 21.7. The third-order valence-electron chi connectivity index (χ3n) is 5.40. The summed E-state index contributed by atoms with van der Waals surface area (Å²) in [6.45, 7) is -0.133. The van der Waals surface area contributed by atoms with E-state index in [9.17, 15) is 23.3 Å². The Bertz CT molecular complexity index is 1010. The molecule has 1 fully saturated rings. The quantitative estimate of drug-likeness (QED) is 0.275. The van der Waals surface area contributed by atoms with Crippen LogP contribution in [0.1, 0.15) is 66.9 Å². The van der Waals surface area contributed by atoms with E-state index in [1.807, 2.05) is 0 Å². The van der Waals surface area contributed by atoms with Gasteiger partial charge >= 0.3 is 0 Å². The van der Waals surface area contributed by atoms with E-state index in [2.05, 4.69) is 15.0 Å². The Balaban J connectivity index is 1.90. The zero-order valence-electron chi connectivity index (χ0n) is 16.8. The summed E-state index contributed by atoms with van der Waals surface area (Å²) in [6, 6.07) is 6.50. The summed E-state index contributed by atoms with van der Waals surface area (Å²) in [5, 5.41) is 16.7. The maximum absolute atomic E-state index is 12.8. The Morgan fingerprint density at radius 1 is 1.23 bits per heavy atom. The van der Waals surface area contributed by atoms with Crippen molar-refractivity contribution in [3.8, 4) is 11.3 Å². The molecule has 10 heteroatoms. The van der Waals surface area contributed by atoms with Crippen molar-refractivity contribution in [2.45, 2.75) is 55.8 Å². The van der Waals surface area contributed by atoms with Crippen molar-refractivity contribution in [1.29, 1.82) is 0 Å². The van der Waals surface area contributed by atoms with Crippen LogP contribution in [0.4, 0.5) is 0 Å². The highest BCUT2D eigenvalue weighted by Crippen LogP contribution is 2.39. The molecule has 0 radical (unpaired) electrons. The first-order valence-electron chi connectivity index (χ1n) is 9.96. The highest BCUT2D eigenvalue weighted by atomic mass is 32.2. The van der Waals surface area contributed by atoms with Crippen LogP contribution >= 0.6 is 0 Å². The second kappa shape index (κ2) is 9.38. The maximum Gasteiger partial charge on any atom is 0.294 e. The molecule has 0 bridgehead atoms. The molecule has 1 aromatic heterocycles. The summed E-state index contributed by atoms with van der Waals surface area (Å²) in [5.41, 5.74) is 2.70. The number of carbonyl (C=O) groups excluding carboxylic acids is 1. The van der Waals surface area contributed by atoms with Crippen LogP contribution in [-0.4, -0.2) is 42.3 Å². The molecule has 0 atom stereocenters. The van der Waals surface area contributed by atoms with Crippen LogP contribution in [0, 0.1) is 10.1 Å². The number of benzene rings is 1. The fourth-order valence-electron chi connectivity index (χ4n) is 3.93. The number of nitrogens with one attached hydrogen (secondary N) is 1. The minimum atomic E-state index is -3.30. The van der Waals surface area contributed by atoms with Gasteiger partial charge in [0, 0.05) is 23.8 Å². The van der Waals surface area contributed by atoms with E-state index in [1.165, 1.54) is 0 Å². The van der Waals surface area contributed by atoms with Crippen LogP contribution < -0.4 is 0 Å². The fourth-order valence-corrected chi connectivity index (χ4v) is 4.56. The fraction of sp³-hybridized carbons (Fsp3) is 0.500. The lowest BCUT2D eigenvalue weighted by molar-refractivity contribution is -0.757. The smallest absolute Gasteiger partial charge is 0.294 e. The van der Waals surface area contributed by atoms with E-state index in [4.69, 9.17) is 0 Å². The topological polar surface area (TPSA) is 132 Å². The van der Waals surface area contributed by atoms with Crippen molar-refractivity contribution in [2.75, 3.05) is 12.9 Å². The normalized spacial score (nSPS) is 15.1. The largest absolute Gasteiger partial charge is 0.314 e. The summed E-state index contributed by atoms with van der Waals surface area (Å²) in [5.74, 6) is 0.0325. The van der Waals surface area contributed by atoms with Crippen molar-refractivity contribution < 1.29 is 23.1 Å². The highest BCUT2D eigenvalue weighted by Gasteiger charge is 2.28. The minimum Gasteiger partial charge on any atom is -0.314 e. The monoisotopic (exact) mass is 435 g/mol. The average molecular weight is 436 g/mol. The molecule has 1 aromatic carbocycles. The summed E-state index contributed by atoms with van der Waals surface area (Å²) >= 11 is 0. The van der Waals surface area contributed by atoms with Gasteiger partial charge in [0.2, 0.25) is 0 Å². The molecule has 1 N–H and O–H groups in total. The van der Waals surface area contributed by atoms with Gasteiger partial charge in [-0.1, -0.05) is 31.4 Å². The van der Waals surface area contributed by atoms with Gasteiger partial charge in [-0.2, -0.15) is 5.10 Å². The third kappa shape index (κ3) is 5.24. The molecule has 30 heavy (non-hydrogen) atoms. The van der Waals surface area contributed by atoms with Gasteiger partial charge in [0.1, 0.15) is 5.69 Å².